The Bertz CT molecular complexity index is 718. The smallest absolute Gasteiger partial charge is 0.230 e. The summed E-state index contributed by atoms with van der Waals surface area (Å²) in [6, 6.07) is 8.40. The van der Waals surface area contributed by atoms with Crippen LogP contribution >= 0.6 is 35.3 Å². The molecule has 1 aliphatic carbocycles. The summed E-state index contributed by atoms with van der Waals surface area (Å²) in [6.07, 6.45) is 2.22. The molecule has 2 aromatic rings. The number of carbonyl (C=O) groups excluding carboxylic acids is 1. The predicted octanol–water partition coefficient (Wildman–Crippen LogP) is 3.34. The van der Waals surface area contributed by atoms with Crippen LogP contribution < -0.4 is 5.32 Å². The van der Waals surface area contributed by atoms with Crippen molar-refractivity contribution in [3.8, 4) is 5.69 Å². The summed E-state index contributed by atoms with van der Waals surface area (Å²) >= 11 is 8.27. The van der Waals surface area contributed by atoms with Gasteiger partial charge in [0.2, 0.25) is 5.91 Å². The van der Waals surface area contributed by atoms with Gasteiger partial charge in [-0.15, -0.1) is 5.10 Å². The van der Waals surface area contributed by atoms with E-state index < -0.39 is 0 Å². The van der Waals surface area contributed by atoms with Crippen LogP contribution in [0.25, 0.3) is 5.69 Å². The van der Waals surface area contributed by atoms with Gasteiger partial charge in [-0.2, -0.15) is 0 Å². The van der Waals surface area contributed by atoms with Crippen LogP contribution in [0.2, 0.25) is 0 Å². The molecule has 1 heterocycles. The second-order valence-electron chi connectivity index (χ2n) is 4.96. The third-order valence-electron chi connectivity index (χ3n) is 3.14. The van der Waals surface area contributed by atoms with Gasteiger partial charge in [0.15, 0.2) is 8.29 Å². The molecule has 1 saturated carbocycles. The molecule has 0 saturated heterocycles. The van der Waals surface area contributed by atoms with Gasteiger partial charge in [0.1, 0.15) is 0 Å². The van der Waals surface area contributed by atoms with Crippen LogP contribution in [0.5, 0.6) is 0 Å². The Balaban J connectivity index is 1.71. The fourth-order valence-electron chi connectivity index (χ4n) is 1.90. The molecule has 0 aliphatic heterocycles. The number of carbonyl (C=O) groups is 1. The van der Waals surface area contributed by atoms with Crippen molar-refractivity contribution in [1.29, 1.82) is 0 Å². The number of hydrogen-bond donors (Lipinski definition) is 1. The number of amides is 1. The molecule has 1 N–H and O–H groups in total. The van der Waals surface area contributed by atoms with E-state index in [1.807, 2.05) is 31.2 Å². The van der Waals surface area contributed by atoms with E-state index in [1.54, 1.807) is 4.68 Å². The topological polar surface area (TPSA) is 46.9 Å². The van der Waals surface area contributed by atoms with Crippen LogP contribution in [0.3, 0.4) is 0 Å². The number of nitrogens with zero attached hydrogens (tertiary/aromatic N) is 2. The highest BCUT2D eigenvalue weighted by molar-refractivity contribution is 8.01. The quantitative estimate of drug-likeness (QED) is 0.671. The van der Waals surface area contributed by atoms with E-state index in [9.17, 15) is 4.79 Å². The number of hydrogen-bond acceptors (Lipinski definition) is 5. The van der Waals surface area contributed by atoms with Crippen LogP contribution in [0.15, 0.2) is 28.6 Å². The number of nitrogens with one attached hydrogen (secondary N) is 1. The lowest BCUT2D eigenvalue weighted by Gasteiger charge is -2.04. The zero-order valence-electron chi connectivity index (χ0n) is 11.5. The first kappa shape index (κ1) is 14.7. The van der Waals surface area contributed by atoms with Crippen LogP contribution in [0.1, 0.15) is 18.4 Å². The third kappa shape index (κ3) is 3.72. The van der Waals surface area contributed by atoms with Gasteiger partial charge in [-0.25, -0.2) is 4.68 Å². The second-order valence-corrected chi connectivity index (χ2v) is 7.81. The van der Waals surface area contributed by atoms with Crippen molar-refractivity contribution in [3.05, 3.63) is 33.8 Å². The fraction of sp³-hybridized carbons (Fsp3) is 0.357. The van der Waals surface area contributed by atoms with E-state index >= 15 is 0 Å². The van der Waals surface area contributed by atoms with Gasteiger partial charge in [0.25, 0.3) is 0 Å². The molecule has 1 aromatic heterocycles. The van der Waals surface area contributed by atoms with Crippen molar-refractivity contribution in [3.63, 3.8) is 0 Å². The highest BCUT2D eigenvalue weighted by atomic mass is 32.2. The molecule has 1 fully saturated rings. The maximum absolute atomic E-state index is 11.7. The molecule has 0 atom stereocenters. The minimum atomic E-state index is 0.0751. The van der Waals surface area contributed by atoms with Crippen molar-refractivity contribution in [2.45, 2.75) is 30.1 Å². The van der Waals surface area contributed by atoms with Crippen molar-refractivity contribution in [1.82, 2.24) is 15.1 Å². The molecule has 0 radical (unpaired) electrons. The summed E-state index contributed by atoms with van der Waals surface area (Å²) in [5, 5.41) is 7.49. The molecule has 1 aliphatic rings. The first-order valence-electron chi connectivity index (χ1n) is 6.72. The zero-order chi connectivity index (χ0) is 14.8. The Labute approximate surface area is 136 Å². The van der Waals surface area contributed by atoms with Gasteiger partial charge in [-0.3, -0.25) is 4.79 Å². The Morgan fingerprint density at radius 2 is 2.29 bits per heavy atom. The molecule has 0 spiro atoms. The highest BCUT2D eigenvalue weighted by Crippen LogP contribution is 2.25. The first-order valence-corrected chi connectivity index (χ1v) is 8.93. The number of aryl methyl sites for hydroxylation is 1. The summed E-state index contributed by atoms with van der Waals surface area (Å²) in [6.45, 7) is 2.03. The molecule has 4 nitrogen and oxygen atoms in total. The second kappa shape index (κ2) is 6.29. The maximum Gasteiger partial charge on any atom is 0.230 e. The van der Waals surface area contributed by atoms with Crippen LogP contribution in [-0.2, 0) is 4.79 Å². The average molecular weight is 337 g/mol. The molecular formula is C14H15N3OS3. The van der Waals surface area contributed by atoms with Gasteiger partial charge in [0.05, 0.1) is 11.4 Å². The van der Waals surface area contributed by atoms with E-state index in [1.165, 1.54) is 23.1 Å². The number of rotatable bonds is 5. The fourth-order valence-corrected chi connectivity index (χ4v) is 4.06. The lowest BCUT2D eigenvalue weighted by Crippen LogP contribution is -2.26. The van der Waals surface area contributed by atoms with E-state index in [0.29, 0.717) is 15.7 Å². The Morgan fingerprint density at radius 1 is 1.52 bits per heavy atom. The van der Waals surface area contributed by atoms with Gasteiger partial charge in [0, 0.05) is 6.04 Å². The molecule has 0 bridgehead atoms. The van der Waals surface area contributed by atoms with E-state index in [-0.39, 0.29) is 5.91 Å². The summed E-state index contributed by atoms with van der Waals surface area (Å²) < 4.78 is 3.31. The van der Waals surface area contributed by atoms with Gasteiger partial charge >= 0.3 is 0 Å². The maximum atomic E-state index is 11.7. The molecule has 1 aromatic carbocycles. The van der Waals surface area contributed by atoms with Crippen LogP contribution in [0, 0.1) is 10.9 Å². The lowest BCUT2D eigenvalue weighted by molar-refractivity contribution is -0.118. The molecule has 3 rings (SSSR count). The first-order chi connectivity index (χ1) is 10.1. The summed E-state index contributed by atoms with van der Waals surface area (Å²) in [7, 11) is 0. The predicted molar refractivity (Wildman–Crippen MR) is 88.9 cm³/mol. The van der Waals surface area contributed by atoms with E-state index in [0.717, 1.165) is 28.4 Å². The standard InChI is InChI=1S/C14H15N3OS3/c1-9-4-2-3-5-11(9)17-14(19)21-13(16-17)20-8-12(18)15-10-6-7-10/h2-5,10H,6-8H2,1H3,(H,15,18). The normalized spacial score (nSPS) is 14.1. The van der Waals surface area contributed by atoms with Gasteiger partial charge < -0.3 is 5.32 Å². The van der Waals surface area contributed by atoms with E-state index in [4.69, 9.17) is 12.2 Å². The Kier molecular flexibility index (Phi) is 4.42. The summed E-state index contributed by atoms with van der Waals surface area (Å²) in [4.78, 5) is 11.7. The average Bonchev–Trinajstić information content (AvgIpc) is 3.19. The number of para-hydroxylation sites is 1. The van der Waals surface area contributed by atoms with Crippen LogP contribution in [-0.4, -0.2) is 27.5 Å². The van der Waals surface area contributed by atoms with Crippen molar-refractivity contribution < 1.29 is 4.79 Å². The molecule has 1 amide bonds. The Hall–Kier alpha value is -1.18. The lowest BCUT2D eigenvalue weighted by atomic mass is 10.2. The van der Waals surface area contributed by atoms with E-state index in [2.05, 4.69) is 10.4 Å². The Morgan fingerprint density at radius 3 is 3.00 bits per heavy atom. The van der Waals surface area contributed by atoms with Gasteiger partial charge in [-0.05, 0) is 43.6 Å². The largest absolute Gasteiger partial charge is 0.353 e. The van der Waals surface area contributed by atoms with Crippen LogP contribution in [0.4, 0.5) is 0 Å². The molecule has 21 heavy (non-hydrogen) atoms. The summed E-state index contributed by atoms with van der Waals surface area (Å²) in [5.74, 6) is 0.470. The van der Waals surface area contributed by atoms with Crippen molar-refractivity contribution in [2.24, 2.45) is 0 Å². The molecule has 7 heteroatoms. The monoisotopic (exact) mass is 337 g/mol. The zero-order valence-corrected chi connectivity index (χ0v) is 14.0. The minimum absolute atomic E-state index is 0.0751. The third-order valence-corrected chi connectivity index (χ3v) is 5.51. The number of benzene rings is 1. The SMILES string of the molecule is Cc1ccccc1-n1nc(SCC(=O)NC2CC2)sc1=S. The molecular weight excluding hydrogens is 322 g/mol. The summed E-state index contributed by atoms with van der Waals surface area (Å²) in [5.41, 5.74) is 2.12. The van der Waals surface area contributed by atoms with Gasteiger partial charge in [-0.1, -0.05) is 41.3 Å². The van der Waals surface area contributed by atoms with Crippen molar-refractivity contribution in [2.75, 3.05) is 5.75 Å². The minimum Gasteiger partial charge on any atom is -0.353 e. The number of aromatic nitrogens is 2. The molecule has 0 unspecified atom stereocenters. The number of thioether (sulfide) groups is 1. The highest BCUT2D eigenvalue weighted by Gasteiger charge is 2.23. The van der Waals surface area contributed by atoms with Crippen molar-refractivity contribution >= 4 is 41.2 Å². The molecule has 110 valence electrons.